The van der Waals surface area contributed by atoms with E-state index in [9.17, 15) is 4.79 Å². The van der Waals surface area contributed by atoms with Crippen LogP contribution in [0.5, 0.6) is 0 Å². The molecule has 0 radical (unpaired) electrons. The second-order valence-corrected chi connectivity index (χ2v) is 4.13. The first-order valence-electron chi connectivity index (χ1n) is 5.66. The van der Waals surface area contributed by atoms with E-state index in [-0.39, 0.29) is 5.56 Å². The van der Waals surface area contributed by atoms with Crippen LogP contribution in [0.15, 0.2) is 10.9 Å². The fourth-order valence-electron chi connectivity index (χ4n) is 2.06. The van der Waals surface area contributed by atoms with Gasteiger partial charge in [0.2, 0.25) is 5.95 Å². The van der Waals surface area contributed by atoms with Gasteiger partial charge in [-0.3, -0.25) is 9.78 Å². The summed E-state index contributed by atoms with van der Waals surface area (Å²) in [5, 5.41) is 4.42. The molecule has 0 saturated heterocycles. The third kappa shape index (κ3) is 2.00. The molecule has 0 aliphatic carbocycles. The highest BCUT2D eigenvalue weighted by atomic mass is 16.1. The average Bonchev–Trinajstić information content (AvgIpc) is 2.52. The van der Waals surface area contributed by atoms with Crippen LogP contribution in [0.25, 0.3) is 5.95 Å². The predicted molar refractivity (Wildman–Crippen MR) is 65.6 cm³/mol. The van der Waals surface area contributed by atoms with Crippen LogP contribution in [0.3, 0.4) is 0 Å². The van der Waals surface area contributed by atoms with E-state index < -0.39 is 0 Å². The molecule has 2 aromatic rings. The lowest BCUT2D eigenvalue weighted by molar-refractivity contribution is 0.762. The first kappa shape index (κ1) is 11.6. The maximum Gasteiger partial charge on any atom is 0.252 e. The Morgan fingerprint density at radius 1 is 1.35 bits per heavy atom. The normalized spacial score (nSPS) is 10.8. The van der Waals surface area contributed by atoms with Crippen LogP contribution in [0, 0.1) is 20.8 Å². The van der Waals surface area contributed by atoms with Gasteiger partial charge in [0.05, 0.1) is 5.69 Å². The van der Waals surface area contributed by atoms with E-state index >= 15 is 0 Å². The SMILES string of the molecule is CCc1c(C)nn(-c2nc(C)cc(=O)[nH]2)c1C. The minimum Gasteiger partial charge on any atom is -0.291 e. The summed E-state index contributed by atoms with van der Waals surface area (Å²) >= 11 is 0. The van der Waals surface area contributed by atoms with Gasteiger partial charge in [0, 0.05) is 17.5 Å². The number of aromatic nitrogens is 4. The maximum absolute atomic E-state index is 11.4. The Bertz CT molecular complexity index is 609. The Kier molecular flexibility index (Phi) is 2.83. The molecule has 0 unspecified atom stereocenters. The average molecular weight is 232 g/mol. The van der Waals surface area contributed by atoms with Crippen LogP contribution in [-0.4, -0.2) is 19.7 Å². The van der Waals surface area contributed by atoms with Gasteiger partial charge in [0.1, 0.15) is 0 Å². The number of H-pyrrole nitrogens is 1. The molecule has 0 aliphatic heterocycles. The van der Waals surface area contributed by atoms with Gasteiger partial charge in [-0.15, -0.1) is 0 Å². The smallest absolute Gasteiger partial charge is 0.252 e. The summed E-state index contributed by atoms with van der Waals surface area (Å²) in [4.78, 5) is 18.4. The Labute approximate surface area is 99.5 Å². The van der Waals surface area contributed by atoms with Gasteiger partial charge in [0.25, 0.3) is 5.56 Å². The van der Waals surface area contributed by atoms with Crippen molar-refractivity contribution in [1.29, 1.82) is 0 Å². The molecule has 2 rings (SSSR count). The first-order chi connectivity index (χ1) is 8.02. The Morgan fingerprint density at radius 3 is 2.59 bits per heavy atom. The maximum atomic E-state index is 11.4. The molecule has 1 N–H and O–H groups in total. The van der Waals surface area contributed by atoms with Crippen molar-refractivity contribution in [2.24, 2.45) is 0 Å². The van der Waals surface area contributed by atoms with Crippen molar-refractivity contribution < 1.29 is 0 Å². The number of aryl methyl sites for hydroxylation is 2. The predicted octanol–water partition coefficient (Wildman–Crippen LogP) is 1.44. The van der Waals surface area contributed by atoms with E-state index in [1.54, 1.807) is 11.6 Å². The second-order valence-electron chi connectivity index (χ2n) is 4.13. The lowest BCUT2D eigenvalue weighted by Gasteiger charge is -2.04. The summed E-state index contributed by atoms with van der Waals surface area (Å²) in [6.07, 6.45) is 0.924. The molecule has 0 saturated carbocycles. The lowest BCUT2D eigenvalue weighted by atomic mass is 10.1. The largest absolute Gasteiger partial charge is 0.291 e. The molecule has 17 heavy (non-hydrogen) atoms. The molecule has 2 heterocycles. The molecule has 2 aromatic heterocycles. The van der Waals surface area contributed by atoms with Crippen LogP contribution in [-0.2, 0) is 6.42 Å². The topological polar surface area (TPSA) is 63.6 Å². The molecule has 0 aromatic carbocycles. The minimum atomic E-state index is -0.155. The fourth-order valence-corrected chi connectivity index (χ4v) is 2.06. The highest BCUT2D eigenvalue weighted by Crippen LogP contribution is 2.15. The van der Waals surface area contributed by atoms with Gasteiger partial charge in [-0.1, -0.05) is 6.92 Å². The quantitative estimate of drug-likeness (QED) is 0.852. The number of hydrogen-bond donors (Lipinski definition) is 1. The van der Waals surface area contributed by atoms with E-state index in [1.165, 1.54) is 11.6 Å². The van der Waals surface area contributed by atoms with Crippen molar-refractivity contribution in [2.75, 3.05) is 0 Å². The summed E-state index contributed by atoms with van der Waals surface area (Å²) in [7, 11) is 0. The highest BCUT2D eigenvalue weighted by Gasteiger charge is 2.12. The molecule has 0 fully saturated rings. The van der Waals surface area contributed by atoms with Gasteiger partial charge >= 0.3 is 0 Å². The van der Waals surface area contributed by atoms with E-state index in [0.29, 0.717) is 11.6 Å². The van der Waals surface area contributed by atoms with Crippen LogP contribution in [0.1, 0.15) is 29.6 Å². The zero-order chi connectivity index (χ0) is 12.6. The molecule has 5 heteroatoms. The minimum absolute atomic E-state index is 0.155. The Morgan fingerprint density at radius 2 is 2.06 bits per heavy atom. The van der Waals surface area contributed by atoms with Gasteiger partial charge in [-0.05, 0) is 32.8 Å². The molecule has 5 nitrogen and oxygen atoms in total. The monoisotopic (exact) mass is 232 g/mol. The molecule has 0 amide bonds. The summed E-state index contributed by atoms with van der Waals surface area (Å²) in [5.74, 6) is 0.482. The van der Waals surface area contributed by atoms with E-state index in [4.69, 9.17) is 0 Å². The van der Waals surface area contributed by atoms with Crippen LogP contribution in [0.4, 0.5) is 0 Å². The molecule has 0 bridgehead atoms. The van der Waals surface area contributed by atoms with E-state index in [1.807, 2.05) is 13.8 Å². The zero-order valence-electron chi connectivity index (χ0n) is 10.5. The zero-order valence-corrected chi connectivity index (χ0v) is 10.5. The Balaban J connectivity index is 2.64. The molecular formula is C12H16N4O. The van der Waals surface area contributed by atoms with Gasteiger partial charge < -0.3 is 0 Å². The number of nitrogens with zero attached hydrogens (tertiary/aromatic N) is 3. The summed E-state index contributed by atoms with van der Waals surface area (Å²) in [5.41, 5.74) is 3.74. The fraction of sp³-hybridized carbons (Fsp3) is 0.417. The summed E-state index contributed by atoms with van der Waals surface area (Å²) in [6.45, 7) is 7.84. The standard InChI is InChI=1S/C12H16N4O/c1-5-10-8(3)15-16(9(10)4)12-13-7(2)6-11(17)14-12/h6H,5H2,1-4H3,(H,13,14,17). The van der Waals surface area contributed by atoms with Crippen LogP contribution < -0.4 is 5.56 Å². The summed E-state index contributed by atoms with van der Waals surface area (Å²) in [6, 6.07) is 1.47. The number of aromatic amines is 1. The first-order valence-corrected chi connectivity index (χ1v) is 5.66. The van der Waals surface area contributed by atoms with Crippen molar-refractivity contribution in [2.45, 2.75) is 34.1 Å². The highest BCUT2D eigenvalue weighted by molar-refractivity contribution is 5.29. The lowest BCUT2D eigenvalue weighted by Crippen LogP contribution is -2.14. The van der Waals surface area contributed by atoms with Gasteiger partial charge in [-0.25, -0.2) is 9.67 Å². The van der Waals surface area contributed by atoms with Gasteiger partial charge in [-0.2, -0.15) is 5.10 Å². The van der Waals surface area contributed by atoms with Crippen molar-refractivity contribution in [3.63, 3.8) is 0 Å². The summed E-state index contributed by atoms with van der Waals surface area (Å²) < 4.78 is 1.70. The third-order valence-corrected chi connectivity index (χ3v) is 2.85. The van der Waals surface area contributed by atoms with Crippen molar-refractivity contribution in [3.8, 4) is 5.95 Å². The van der Waals surface area contributed by atoms with Crippen LogP contribution in [0.2, 0.25) is 0 Å². The van der Waals surface area contributed by atoms with E-state index in [2.05, 4.69) is 22.0 Å². The van der Waals surface area contributed by atoms with Crippen molar-refractivity contribution in [1.82, 2.24) is 19.7 Å². The number of nitrogens with one attached hydrogen (secondary N) is 1. The van der Waals surface area contributed by atoms with Crippen LogP contribution >= 0.6 is 0 Å². The molecular weight excluding hydrogens is 216 g/mol. The number of hydrogen-bond acceptors (Lipinski definition) is 3. The Hall–Kier alpha value is -1.91. The van der Waals surface area contributed by atoms with Crippen molar-refractivity contribution >= 4 is 0 Å². The third-order valence-electron chi connectivity index (χ3n) is 2.85. The molecule has 0 aliphatic rings. The molecule has 0 spiro atoms. The number of rotatable bonds is 2. The van der Waals surface area contributed by atoms with E-state index in [0.717, 1.165) is 17.8 Å². The molecule has 90 valence electrons. The van der Waals surface area contributed by atoms with Crippen molar-refractivity contribution in [3.05, 3.63) is 39.1 Å². The molecule has 0 atom stereocenters. The second kappa shape index (κ2) is 4.16. The van der Waals surface area contributed by atoms with Gasteiger partial charge in [0.15, 0.2) is 0 Å².